The summed E-state index contributed by atoms with van der Waals surface area (Å²) in [5.74, 6) is -0.00138. The second kappa shape index (κ2) is 7.70. The van der Waals surface area contributed by atoms with Gasteiger partial charge in [-0.25, -0.2) is 4.39 Å². The van der Waals surface area contributed by atoms with E-state index in [0.29, 0.717) is 6.54 Å². The van der Waals surface area contributed by atoms with Crippen molar-refractivity contribution >= 4 is 5.91 Å². The number of likely N-dealkylation sites (tertiary alicyclic amines) is 1. The Kier molecular flexibility index (Phi) is 4.97. The molecule has 0 spiro atoms. The number of piperidine rings is 1. The molecule has 1 aromatic heterocycles. The van der Waals surface area contributed by atoms with Gasteiger partial charge in [-0.2, -0.15) is 0 Å². The van der Waals surface area contributed by atoms with Crippen molar-refractivity contribution in [1.82, 2.24) is 9.88 Å². The monoisotopic (exact) mass is 360 g/mol. The Hall–Kier alpha value is -3.01. The van der Waals surface area contributed by atoms with Crippen molar-refractivity contribution in [2.24, 2.45) is 0 Å². The van der Waals surface area contributed by atoms with Crippen LogP contribution in [0.15, 0.2) is 72.8 Å². The summed E-state index contributed by atoms with van der Waals surface area (Å²) in [5.41, 5.74) is 3.21. The van der Waals surface area contributed by atoms with E-state index in [1.54, 1.807) is 6.07 Å². The Bertz CT molecular complexity index is 942. The van der Waals surface area contributed by atoms with E-state index < -0.39 is 0 Å². The third kappa shape index (κ3) is 3.90. The fourth-order valence-electron chi connectivity index (χ4n) is 3.65. The maximum atomic E-state index is 13.5. The Balaban J connectivity index is 1.55. The van der Waals surface area contributed by atoms with E-state index in [0.717, 1.165) is 41.9 Å². The van der Waals surface area contributed by atoms with Gasteiger partial charge in [-0.1, -0.05) is 36.4 Å². The number of carbonyl (C=O) groups excluding carboxylic acids is 1. The lowest BCUT2D eigenvalue weighted by Crippen LogP contribution is -2.39. The first kappa shape index (κ1) is 17.4. The largest absolute Gasteiger partial charge is 0.338 e. The lowest BCUT2D eigenvalue weighted by Gasteiger charge is -2.32. The van der Waals surface area contributed by atoms with Crippen molar-refractivity contribution in [3.63, 3.8) is 0 Å². The molecule has 27 heavy (non-hydrogen) atoms. The molecule has 1 fully saturated rings. The van der Waals surface area contributed by atoms with E-state index in [-0.39, 0.29) is 17.6 Å². The second-order valence-corrected chi connectivity index (χ2v) is 6.91. The van der Waals surface area contributed by atoms with Gasteiger partial charge in [0.2, 0.25) is 0 Å². The molecule has 0 bridgehead atoms. The summed E-state index contributed by atoms with van der Waals surface area (Å²) < 4.78 is 13.5. The van der Waals surface area contributed by atoms with Crippen molar-refractivity contribution in [2.75, 3.05) is 13.1 Å². The summed E-state index contributed by atoms with van der Waals surface area (Å²) in [7, 11) is 0. The zero-order chi connectivity index (χ0) is 18.6. The van der Waals surface area contributed by atoms with Crippen LogP contribution in [0, 0.1) is 5.82 Å². The molecule has 136 valence electrons. The zero-order valence-electron chi connectivity index (χ0n) is 15.0. The Morgan fingerprint density at radius 2 is 1.81 bits per heavy atom. The van der Waals surface area contributed by atoms with Crippen LogP contribution < -0.4 is 0 Å². The van der Waals surface area contributed by atoms with Crippen molar-refractivity contribution in [3.05, 3.63) is 89.9 Å². The van der Waals surface area contributed by atoms with Crippen LogP contribution >= 0.6 is 0 Å². The fourth-order valence-corrected chi connectivity index (χ4v) is 3.65. The normalized spacial score (nSPS) is 16.9. The van der Waals surface area contributed by atoms with E-state index in [1.165, 1.54) is 12.1 Å². The molecular formula is C23H21FN2O. The fraction of sp³-hybridized carbons (Fsp3) is 0.217. The van der Waals surface area contributed by atoms with Crippen LogP contribution in [0.1, 0.15) is 34.8 Å². The molecule has 1 amide bonds. The molecule has 1 atom stereocenters. The van der Waals surface area contributed by atoms with Gasteiger partial charge in [0.25, 0.3) is 5.91 Å². The van der Waals surface area contributed by atoms with E-state index >= 15 is 0 Å². The van der Waals surface area contributed by atoms with E-state index in [9.17, 15) is 9.18 Å². The summed E-state index contributed by atoms with van der Waals surface area (Å²) in [6.07, 6.45) is 1.95. The molecule has 4 heteroatoms. The van der Waals surface area contributed by atoms with Crippen LogP contribution in [0.4, 0.5) is 4.39 Å². The van der Waals surface area contributed by atoms with Gasteiger partial charge < -0.3 is 4.90 Å². The van der Waals surface area contributed by atoms with Crippen LogP contribution in [0.25, 0.3) is 11.3 Å². The molecule has 4 rings (SSSR count). The summed E-state index contributed by atoms with van der Waals surface area (Å²) in [4.78, 5) is 19.5. The topological polar surface area (TPSA) is 33.2 Å². The predicted molar refractivity (Wildman–Crippen MR) is 104 cm³/mol. The maximum absolute atomic E-state index is 13.5. The molecule has 2 heterocycles. The second-order valence-electron chi connectivity index (χ2n) is 6.91. The average molecular weight is 360 g/mol. The summed E-state index contributed by atoms with van der Waals surface area (Å²) in [5, 5.41) is 0. The standard InChI is InChI=1S/C23H21FN2O/c24-20-11-4-9-18(15-20)21-12-5-13-22(25-21)19-10-6-14-26(16-19)23(27)17-7-2-1-3-8-17/h1-5,7-9,11-13,15,19H,6,10,14,16H2/t19-/m0/s1. The lowest BCUT2D eigenvalue weighted by molar-refractivity contribution is 0.0706. The van der Waals surface area contributed by atoms with Gasteiger partial charge in [0.05, 0.1) is 5.69 Å². The molecule has 2 aromatic carbocycles. The first-order valence-electron chi connectivity index (χ1n) is 9.28. The third-order valence-electron chi connectivity index (χ3n) is 5.04. The van der Waals surface area contributed by atoms with Crippen molar-refractivity contribution in [2.45, 2.75) is 18.8 Å². The van der Waals surface area contributed by atoms with Crippen molar-refractivity contribution < 1.29 is 9.18 Å². The average Bonchev–Trinajstić information content (AvgIpc) is 2.74. The summed E-state index contributed by atoms with van der Waals surface area (Å²) in [6, 6.07) is 21.7. The number of hydrogen-bond donors (Lipinski definition) is 0. The SMILES string of the molecule is O=C(c1ccccc1)N1CCC[C@H](c2cccc(-c3cccc(F)c3)n2)C1. The quantitative estimate of drug-likeness (QED) is 0.665. The molecule has 0 saturated carbocycles. The number of amides is 1. The van der Waals surface area contributed by atoms with E-state index in [4.69, 9.17) is 4.98 Å². The van der Waals surface area contributed by atoms with Crippen LogP contribution in [0.2, 0.25) is 0 Å². The summed E-state index contributed by atoms with van der Waals surface area (Å²) >= 11 is 0. The molecule has 0 N–H and O–H groups in total. The first-order valence-corrected chi connectivity index (χ1v) is 9.28. The van der Waals surface area contributed by atoms with E-state index in [1.807, 2.05) is 59.5 Å². The molecular weight excluding hydrogens is 339 g/mol. The molecule has 0 unspecified atom stereocenters. The molecule has 3 aromatic rings. The number of hydrogen-bond acceptors (Lipinski definition) is 2. The number of benzene rings is 2. The maximum Gasteiger partial charge on any atom is 0.253 e. The van der Waals surface area contributed by atoms with Crippen LogP contribution in [0.3, 0.4) is 0 Å². The molecule has 3 nitrogen and oxygen atoms in total. The van der Waals surface area contributed by atoms with Gasteiger partial charge in [0.1, 0.15) is 5.82 Å². The number of nitrogens with zero attached hydrogens (tertiary/aromatic N) is 2. The summed E-state index contributed by atoms with van der Waals surface area (Å²) in [6.45, 7) is 1.43. The first-order chi connectivity index (χ1) is 13.2. The Morgan fingerprint density at radius 3 is 2.63 bits per heavy atom. The zero-order valence-corrected chi connectivity index (χ0v) is 15.0. The number of rotatable bonds is 3. The van der Waals surface area contributed by atoms with Crippen molar-refractivity contribution in [3.8, 4) is 11.3 Å². The molecule has 0 aliphatic carbocycles. The predicted octanol–water partition coefficient (Wildman–Crippen LogP) is 4.91. The van der Waals surface area contributed by atoms with Gasteiger partial charge in [-0.15, -0.1) is 0 Å². The number of carbonyl (C=O) groups is 1. The van der Waals surface area contributed by atoms with Gasteiger partial charge in [0, 0.05) is 35.8 Å². The Morgan fingerprint density at radius 1 is 1.00 bits per heavy atom. The minimum Gasteiger partial charge on any atom is -0.338 e. The smallest absolute Gasteiger partial charge is 0.253 e. The Labute approximate surface area is 158 Å². The molecule has 1 saturated heterocycles. The van der Waals surface area contributed by atoms with Gasteiger partial charge in [-0.05, 0) is 49.2 Å². The third-order valence-corrected chi connectivity index (χ3v) is 5.04. The number of halogens is 1. The number of pyridine rings is 1. The molecule has 0 radical (unpaired) electrons. The van der Waals surface area contributed by atoms with Crippen molar-refractivity contribution in [1.29, 1.82) is 0 Å². The van der Waals surface area contributed by atoms with Crippen LogP contribution in [-0.2, 0) is 0 Å². The van der Waals surface area contributed by atoms with Gasteiger partial charge >= 0.3 is 0 Å². The van der Waals surface area contributed by atoms with Crippen LogP contribution in [0.5, 0.6) is 0 Å². The molecule has 1 aliphatic heterocycles. The van der Waals surface area contributed by atoms with Crippen LogP contribution in [-0.4, -0.2) is 28.9 Å². The van der Waals surface area contributed by atoms with Gasteiger partial charge in [-0.3, -0.25) is 9.78 Å². The highest BCUT2D eigenvalue weighted by atomic mass is 19.1. The highest BCUT2D eigenvalue weighted by Gasteiger charge is 2.26. The highest BCUT2D eigenvalue weighted by Crippen LogP contribution is 2.28. The van der Waals surface area contributed by atoms with E-state index in [2.05, 4.69) is 0 Å². The minimum atomic E-state index is -0.267. The minimum absolute atomic E-state index is 0.0709. The molecule has 1 aliphatic rings. The van der Waals surface area contributed by atoms with Gasteiger partial charge in [0.15, 0.2) is 0 Å². The number of aromatic nitrogens is 1. The lowest BCUT2D eigenvalue weighted by atomic mass is 9.93. The highest BCUT2D eigenvalue weighted by molar-refractivity contribution is 5.94.